The molecule has 1 amide bonds. The number of rotatable bonds is 5. The van der Waals surface area contributed by atoms with E-state index in [9.17, 15) is 15.2 Å². The van der Waals surface area contributed by atoms with E-state index in [-0.39, 0.29) is 67.5 Å². The number of ether oxygens (including phenoxy) is 5. The summed E-state index contributed by atoms with van der Waals surface area (Å²) in [5.41, 5.74) is 7.79. The molecule has 60 heavy (non-hydrogen) atoms. The van der Waals surface area contributed by atoms with E-state index < -0.39 is 29.7 Å². The zero-order chi connectivity index (χ0) is 41.8. The van der Waals surface area contributed by atoms with E-state index in [2.05, 4.69) is 64.2 Å². The quantitative estimate of drug-likeness (QED) is 0.149. The molecule has 2 fully saturated rings. The number of phenolic OH excluding ortho intramolecular Hbond substituents is 1. The highest BCUT2D eigenvalue weighted by Crippen LogP contribution is 2.63. The number of methoxy groups -OCH3 is 1. The largest absolute Gasteiger partial charge is 0.504 e. The second-order valence-electron chi connectivity index (χ2n) is 16.8. The first-order valence-corrected chi connectivity index (χ1v) is 21.5. The molecular formula is C45H48N6O8S. The van der Waals surface area contributed by atoms with Crippen molar-refractivity contribution >= 4 is 34.7 Å². The molecule has 1 spiro atoms. The Kier molecular flexibility index (Phi) is 9.29. The Bertz CT molecular complexity index is 2530. The summed E-state index contributed by atoms with van der Waals surface area (Å²) in [6.07, 6.45) is 2.00. The Morgan fingerprint density at radius 3 is 2.73 bits per heavy atom. The van der Waals surface area contributed by atoms with Gasteiger partial charge in [0, 0.05) is 57.7 Å². The molecule has 0 unspecified atom stereocenters. The summed E-state index contributed by atoms with van der Waals surface area (Å²) in [7, 11) is 3.63. The number of carbonyl (C=O) groups excluding carboxylic acids is 2. The molecule has 4 bridgehead atoms. The number of aromatic nitrogens is 1. The van der Waals surface area contributed by atoms with Gasteiger partial charge in [-0.05, 0) is 80.1 Å². The first-order valence-electron chi connectivity index (χ1n) is 20.4. The van der Waals surface area contributed by atoms with Gasteiger partial charge in [0.1, 0.15) is 19.3 Å². The minimum atomic E-state index is -1.37. The van der Waals surface area contributed by atoms with Crippen molar-refractivity contribution < 1.29 is 38.4 Å². The number of hydrogen-bond donors (Lipinski definition) is 4. The van der Waals surface area contributed by atoms with Crippen LogP contribution in [-0.4, -0.2) is 103 Å². The molecule has 7 aliphatic heterocycles. The topological polar surface area (TPSA) is 171 Å². The maximum absolute atomic E-state index is 15.3. The lowest BCUT2D eigenvalue weighted by atomic mass is 9.71. The number of thioether (sulfide) groups is 1. The first kappa shape index (κ1) is 38.8. The van der Waals surface area contributed by atoms with Gasteiger partial charge in [-0.15, -0.1) is 11.8 Å². The van der Waals surface area contributed by atoms with Crippen LogP contribution in [0.2, 0.25) is 0 Å². The monoisotopic (exact) mass is 832 g/mol. The predicted octanol–water partition coefficient (Wildman–Crippen LogP) is 5.42. The van der Waals surface area contributed by atoms with Crippen LogP contribution in [0.5, 0.6) is 23.0 Å². The van der Waals surface area contributed by atoms with E-state index in [4.69, 9.17) is 23.7 Å². The maximum atomic E-state index is 15.3. The molecule has 14 nitrogen and oxygen atoms in total. The molecule has 3 aromatic carbocycles. The Morgan fingerprint density at radius 1 is 1.15 bits per heavy atom. The van der Waals surface area contributed by atoms with Crippen molar-refractivity contribution in [2.24, 2.45) is 0 Å². The van der Waals surface area contributed by atoms with Gasteiger partial charge in [0.2, 0.25) is 6.79 Å². The van der Waals surface area contributed by atoms with Crippen LogP contribution in [-0.2, 0) is 32.6 Å². The van der Waals surface area contributed by atoms with Crippen LogP contribution in [0.1, 0.15) is 67.5 Å². The number of nitrogens with zero attached hydrogens (tertiary/aromatic N) is 3. The molecule has 0 aliphatic carbocycles. The molecule has 8 heterocycles. The van der Waals surface area contributed by atoms with E-state index in [1.54, 1.807) is 18.9 Å². The number of carbonyl (C=O) groups is 2. The summed E-state index contributed by atoms with van der Waals surface area (Å²) in [5, 5.41) is 30.6. The fourth-order valence-corrected chi connectivity index (χ4v) is 13.0. The summed E-state index contributed by atoms with van der Waals surface area (Å²) in [6.45, 7) is 9.98. The standard InChI is InChI=1S/C45H48N6O8S/c1-7-12-56-44(54)47-17-25-15-27-26-10-8-9-11-28(26)48-42(27)45(49-25)19-60-41-32-22(3)23(4)39-40(59-20-58-39)34(32)31(18-57-43(45)53)51-30(16-46)29-14-24-13-21(2)38(55-6)37(52)33(24)35(36(41)51)50(29)5/h7-11,13,25,29-31,35-36,41,48-49,52H,1,12,14-15,17-20H2,2-6H3,(H,47,54)/t25-,29-,30-,31-,35+,36+,41+,45+/m0/s1. The van der Waals surface area contributed by atoms with Gasteiger partial charge in [0.15, 0.2) is 28.5 Å². The number of esters is 1. The molecule has 4 aromatic rings. The number of aromatic hydroxyl groups is 1. The van der Waals surface area contributed by atoms with Crippen LogP contribution in [0, 0.1) is 32.1 Å². The van der Waals surface area contributed by atoms with Crippen LogP contribution < -0.4 is 24.8 Å². The van der Waals surface area contributed by atoms with Gasteiger partial charge in [-0.3, -0.25) is 15.1 Å². The number of piperazine rings is 1. The van der Waals surface area contributed by atoms with Crippen LogP contribution in [0.3, 0.4) is 0 Å². The number of nitrogens with one attached hydrogen (secondary N) is 3. The highest BCUT2D eigenvalue weighted by atomic mass is 32.2. The molecule has 1 aromatic heterocycles. The number of alkyl carbamates (subject to hydrolysis) is 1. The van der Waals surface area contributed by atoms with Gasteiger partial charge in [-0.1, -0.05) is 36.9 Å². The Hall–Kier alpha value is -5.40. The van der Waals surface area contributed by atoms with Crippen molar-refractivity contribution in [1.82, 2.24) is 25.4 Å². The number of phenols is 1. The van der Waals surface area contributed by atoms with Crippen molar-refractivity contribution in [3.05, 3.63) is 93.2 Å². The van der Waals surface area contributed by atoms with Crippen molar-refractivity contribution in [3.8, 4) is 29.1 Å². The number of para-hydroxylation sites is 1. The number of likely N-dealkylation sites (N-methyl/N-ethyl adjacent to an activating group) is 1. The Morgan fingerprint density at radius 2 is 1.95 bits per heavy atom. The zero-order valence-electron chi connectivity index (χ0n) is 34.2. The lowest BCUT2D eigenvalue weighted by Crippen LogP contribution is -2.70. The number of H-pyrrole nitrogens is 1. The van der Waals surface area contributed by atoms with Crippen molar-refractivity contribution in [2.75, 3.05) is 46.5 Å². The van der Waals surface area contributed by atoms with Crippen molar-refractivity contribution in [2.45, 2.75) is 80.7 Å². The predicted molar refractivity (Wildman–Crippen MR) is 224 cm³/mol. The van der Waals surface area contributed by atoms with E-state index in [1.807, 2.05) is 32.0 Å². The Labute approximate surface area is 352 Å². The number of nitriles is 1. The molecule has 4 N–H and O–H groups in total. The molecule has 15 heteroatoms. The van der Waals surface area contributed by atoms with Gasteiger partial charge < -0.3 is 39.1 Å². The SMILES string of the molecule is C=CCOC(=O)NC[C@@H]1Cc2c([nH]c3ccccc23)[C@@]2(CS[C@@H]3c4c(C)c(C)c5c(c4[C@H](COC2=O)N2[C@@H]3[C@H]3c4c(cc(C)c(OC)c4O)C[C@@H]([C@@H]2C#N)N3C)OCO5)N1. The summed E-state index contributed by atoms with van der Waals surface area (Å²) in [4.78, 5) is 36.1. The number of benzene rings is 3. The summed E-state index contributed by atoms with van der Waals surface area (Å²) < 4.78 is 30.1. The van der Waals surface area contributed by atoms with E-state index in [0.717, 1.165) is 61.1 Å². The van der Waals surface area contributed by atoms with E-state index in [0.29, 0.717) is 30.1 Å². The highest BCUT2D eigenvalue weighted by molar-refractivity contribution is 7.99. The Balaban J connectivity index is 1.18. The fourth-order valence-electron chi connectivity index (χ4n) is 11.2. The normalized spacial score (nSPS) is 28.8. The number of amides is 1. The molecule has 7 aliphatic rings. The summed E-state index contributed by atoms with van der Waals surface area (Å²) >= 11 is 1.63. The molecule has 0 saturated carbocycles. The maximum Gasteiger partial charge on any atom is 0.407 e. The van der Waals surface area contributed by atoms with E-state index >= 15 is 4.79 Å². The third kappa shape index (κ3) is 5.43. The van der Waals surface area contributed by atoms with Gasteiger partial charge >= 0.3 is 12.1 Å². The molecule has 8 atom stereocenters. The van der Waals surface area contributed by atoms with Gasteiger partial charge in [-0.25, -0.2) is 9.59 Å². The summed E-state index contributed by atoms with van der Waals surface area (Å²) in [5.74, 6) is 1.59. The minimum Gasteiger partial charge on any atom is -0.504 e. The average molecular weight is 833 g/mol. The molecule has 2 saturated heterocycles. The fraction of sp³-hybridized carbons (Fsp3) is 0.444. The number of fused-ring (bicyclic) bond motifs is 11. The van der Waals surface area contributed by atoms with Gasteiger partial charge in [-0.2, -0.15) is 5.26 Å². The second-order valence-corrected chi connectivity index (χ2v) is 17.9. The average Bonchev–Trinajstić information content (AvgIpc) is 3.89. The van der Waals surface area contributed by atoms with Crippen molar-refractivity contribution in [1.29, 1.82) is 5.26 Å². The summed E-state index contributed by atoms with van der Waals surface area (Å²) in [6, 6.07) is 10.3. The van der Waals surface area contributed by atoms with Crippen LogP contribution in [0.15, 0.2) is 43.0 Å². The zero-order valence-corrected chi connectivity index (χ0v) is 35.0. The molecular weight excluding hydrogens is 785 g/mol. The number of hydrogen-bond acceptors (Lipinski definition) is 13. The lowest BCUT2D eigenvalue weighted by molar-refractivity contribution is -0.158. The number of aryl methyl sites for hydroxylation is 1. The molecule has 312 valence electrons. The van der Waals surface area contributed by atoms with Gasteiger partial charge in [0.25, 0.3) is 0 Å². The van der Waals surface area contributed by atoms with Crippen LogP contribution in [0.25, 0.3) is 10.9 Å². The second kappa shape index (κ2) is 14.4. The number of aromatic amines is 1. The minimum absolute atomic E-state index is 0.0582. The molecule has 0 radical (unpaired) electrons. The third-order valence-electron chi connectivity index (χ3n) is 13.9. The molecule has 11 rings (SSSR count). The third-order valence-corrected chi connectivity index (χ3v) is 15.3. The van der Waals surface area contributed by atoms with Crippen LogP contribution >= 0.6 is 11.8 Å². The smallest absolute Gasteiger partial charge is 0.407 e. The highest BCUT2D eigenvalue weighted by Gasteiger charge is 2.61. The van der Waals surface area contributed by atoms with Crippen molar-refractivity contribution in [3.63, 3.8) is 0 Å². The lowest BCUT2D eigenvalue weighted by Gasteiger charge is -2.62. The van der Waals surface area contributed by atoms with Gasteiger partial charge in [0.05, 0.1) is 31.0 Å². The first-order chi connectivity index (χ1) is 29.0. The van der Waals surface area contributed by atoms with E-state index in [1.165, 1.54) is 6.08 Å². The van der Waals surface area contributed by atoms with Crippen LogP contribution in [0.4, 0.5) is 4.79 Å².